The van der Waals surface area contributed by atoms with Crippen molar-refractivity contribution in [3.63, 3.8) is 0 Å². The fraction of sp³-hybridized carbons (Fsp3) is 0.579. The van der Waals surface area contributed by atoms with Crippen molar-refractivity contribution in [2.75, 3.05) is 6.61 Å². The average molecular weight is 318 g/mol. The van der Waals surface area contributed by atoms with Crippen molar-refractivity contribution in [2.45, 2.75) is 65.7 Å². The fourth-order valence-corrected chi connectivity index (χ4v) is 2.29. The molecule has 1 rings (SSSR count). The van der Waals surface area contributed by atoms with Crippen molar-refractivity contribution < 1.29 is 9.53 Å². The summed E-state index contributed by atoms with van der Waals surface area (Å²) in [6.45, 7) is 6.71. The third kappa shape index (κ3) is 8.38. The molecule has 0 bridgehead atoms. The third-order valence-electron chi connectivity index (χ3n) is 3.69. The predicted octanol–water partition coefficient (Wildman–Crippen LogP) is 4.68. The van der Waals surface area contributed by atoms with Crippen LogP contribution in [0.4, 0.5) is 0 Å². The van der Waals surface area contributed by atoms with Crippen molar-refractivity contribution in [3.05, 3.63) is 29.8 Å². The zero-order valence-corrected chi connectivity index (χ0v) is 14.7. The van der Waals surface area contributed by atoms with Gasteiger partial charge in [-0.3, -0.25) is 4.79 Å². The lowest BCUT2D eigenvalue weighted by Crippen LogP contribution is -2.18. The molecule has 0 aliphatic carbocycles. The summed E-state index contributed by atoms with van der Waals surface area (Å²) in [5.74, 6) is 0.835. The Hall–Kier alpha value is -1.84. The molecule has 4 heteroatoms. The number of carbonyl (C=O) groups excluding carboxylic acids is 1. The second kappa shape index (κ2) is 11.7. The van der Waals surface area contributed by atoms with Gasteiger partial charge in [-0.1, -0.05) is 39.0 Å². The standard InChI is InChI=1S/C19H30N2O2/c1-4-6-7-8-9-10-11-19(22)21-20-16(3)17-12-14-18(15-13-17)23-5-2/h12-15H,4-11H2,1-3H3,(H,21,22). The van der Waals surface area contributed by atoms with Gasteiger partial charge in [-0.05, 0) is 50.1 Å². The number of rotatable bonds is 11. The number of benzene rings is 1. The van der Waals surface area contributed by atoms with Gasteiger partial charge in [-0.15, -0.1) is 0 Å². The minimum atomic E-state index is -0.00854. The minimum Gasteiger partial charge on any atom is -0.494 e. The number of nitrogens with zero attached hydrogens (tertiary/aromatic N) is 1. The number of hydrazone groups is 1. The van der Waals surface area contributed by atoms with E-state index < -0.39 is 0 Å². The van der Waals surface area contributed by atoms with E-state index in [0.29, 0.717) is 13.0 Å². The van der Waals surface area contributed by atoms with Gasteiger partial charge in [-0.2, -0.15) is 5.10 Å². The van der Waals surface area contributed by atoms with Crippen molar-refractivity contribution >= 4 is 11.6 Å². The molecule has 0 spiro atoms. The lowest BCUT2D eigenvalue weighted by Gasteiger charge is -2.05. The van der Waals surface area contributed by atoms with Crippen LogP contribution in [0, 0.1) is 0 Å². The van der Waals surface area contributed by atoms with E-state index in [1.807, 2.05) is 38.1 Å². The normalized spacial score (nSPS) is 11.3. The van der Waals surface area contributed by atoms with Gasteiger partial charge in [0.15, 0.2) is 0 Å². The molecular formula is C19H30N2O2. The Labute approximate surface area is 140 Å². The van der Waals surface area contributed by atoms with Crippen molar-refractivity contribution in [2.24, 2.45) is 5.10 Å². The summed E-state index contributed by atoms with van der Waals surface area (Å²) in [7, 11) is 0. The second-order valence-electron chi connectivity index (χ2n) is 5.71. The maximum atomic E-state index is 11.8. The van der Waals surface area contributed by atoms with E-state index in [0.717, 1.165) is 29.9 Å². The lowest BCUT2D eigenvalue weighted by atomic mass is 10.1. The molecular weight excluding hydrogens is 288 g/mol. The highest BCUT2D eigenvalue weighted by molar-refractivity contribution is 5.99. The number of carbonyl (C=O) groups is 1. The van der Waals surface area contributed by atoms with Crippen LogP contribution >= 0.6 is 0 Å². The van der Waals surface area contributed by atoms with Crippen LogP contribution in [-0.4, -0.2) is 18.2 Å². The number of hydrogen-bond donors (Lipinski definition) is 1. The van der Waals surface area contributed by atoms with Gasteiger partial charge in [0.25, 0.3) is 0 Å². The van der Waals surface area contributed by atoms with Crippen LogP contribution in [0.1, 0.15) is 71.3 Å². The molecule has 1 amide bonds. The average Bonchev–Trinajstić information content (AvgIpc) is 2.57. The molecule has 0 saturated carbocycles. The van der Waals surface area contributed by atoms with E-state index in [2.05, 4.69) is 17.5 Å². The summed E-state index contributed by atoms with van der Waals surface area (Å²) in [5.41, 5.74) is 4.42. The molecule has 4 nitrogen and oxygen atoms in total. The Morgan fingerprint density at radius 3 is 2.35 bits per heavy atom. The molecule has 1 aromatic carbocycles. The molecule has 1 N–H and O–H groups in total. The van der Waals surface area contributed by atoms with Crippen LogP contribution in [0.15, 0.2) is 29.4 Å². The molecule has 0 radical (unpaired) electrons. The van der Waals surface area contributed by atoms with Crippen molar-refractivity contribution in [1.82, 2.24) is 5.43 Å². The summed E-state index contributed by atoms with van der Waals surface area (Å²) < 4.78 is 5.41. The third-order valence-corrected chi connectivity index (χ3v) is 3.69. The van der Waals surface area contributed by atoms with Crippen molar-refractivity contribution in [3.8, 4) is 5.75 Å². The van der Waals surface area contributed by atoms with Gasteiger partial charge < -0.3 is 4.74 Å². The molecule has 0 aliphatic heterocycles. The lowest BCUT2D eigenvalue weighted by molar-refractivity contribution is -0.121. The molecule has 0 fully saturated rings. The number of nitrogens with one attached hydrogen (secondary N) is 1. The molecule has 0 heterocycles. The minimum absolute atomic E-state index is 0.00854. The number of amides is 1. The summed E-state index contributed by atoms with van der Waals surface area (Å²) in [5, 5.41) is 4.17. The van der Waals surface area contributed by atoms with Gasteiger partial charge >= 0.3 is 0 Å². The van der Waals surface area contributed by atoms with E-state index in [-0.39, 0.29) is 5.91 Å². The van der Waals surface area contributed by atoms with Crippen LogP contribution < -0.4 is 10.2 Å². The Morgan fingerprint density at radius 1 is 1.04 bits per heavy atom. The number of ether oxygens (including phenoxy) is 1. The molecule has 1 aromatic rings. The van der Waals surface area contributed by atoms with E-state index in [1.54, 1.807) is 0 Å². The summed E-state index contributed by atoms with van der Waals surface area (Å²) in [6, 6.07) is 7.72. The van der Waals surface area contributed by atoms with E-state index in [4.69, 9.17) is 4.74 Å². The Morgan fingerprint density at radius 2 is 1.70 bits per heavy atom. The quantitative estimate of drug-likeness (QED) is 0.366. The van der Waals surface area contributed by atoms with Crippen LogP contribution in [-0.2, 0) is 4.79 Å². The highest BCUT2D eigenvalue weighted by Gasteiger charge is 2.02. The second-order valence-corrected chi connectivity index (χ2v) is 5.71. The fourth-order valence-electron chi connectivity index (χ4n) is 2.29. The molecule has 0 atom stereocenters. The van der Waals surface area contributed by atoms with Gasteiger partial charge in [0.2, 0.25) is 5.91 Å². The Balaban J connectivity index is 2.30. The molecule has 0 saturated heterocycles. The first-order chi connectivity index (χ1) is 11.2. The van der Waals surface area contributed by atoms with Crippen LogP contribution in [0.3, 0.4) is 0 Å². The molecule has 128 valence electrons. The van der Waals surface area contributed by atoms with Gasteiger partial charge in [0.1, 0.15) is 5.75 Å². The highest BCUT2D eigenvalue weighted by atomic mass is 16.5. The maximum Gasteiger partial charge on any atom is 0.240 e. The summed E-state index contributed by atoms with van der Waals surface area (Å²) >= 11 is 0. The summed E-state index contributed by atoms with van der Waals surface area (Å²) in [6.07, 6.45) is 7.63. The first-order valence-electron chi connectivity index (χ1n) is 8.73. The van der Waals surface area contributed by atoms with Crippen LogP contribution in [0.25, 0.3) is 0 Å². The Kier molecular flexibility index (Phi) is 9.76. The van der Waals surface area contributed by atoms with Gasteiger partial charge in [0.05, 0.1) is 12.3 Å². The number of hydrogen-bond acceptors (Lipinski definition) is 3. The zero-order valence-electron chi connectivity index (χ0n) is 14.7. The Bertz CT molecular complexity index is 481. The van der Waals surface area contributed by atoms with Crippen LogP contribution in [0.5, 0.6) is 5.75 Å². The molecule has 0 unspecified atom stereocenters. The van der Waals surface area contributed by atoms with Gasteiger partial charge in [0, 0.05) is 6.42 Å². The van der Waals surface area contributed by atoms with Gasteiger partial charge in [-0.25, -0.2) is 5.43 Å². The summed E-state index contributed by atoms with van der Waals surface area (Å²) in [4.78, 5) is 11.8. The molecule has 0 aromatic heterocycles. The number of unbranched alkanes of at least 4 members (excludes halogenated alkanes) is 5. The SMILES string of the molecule is CCCCCCCCC(=O)NN=C(C)c1ccc(OCC)cc1. The smallest absolute Gasteiger partial charge is 0.240 e. The van der Waals surface area contributed by atoms with Crippen molar-refractivity contribution in [1.29, 1.82) is 0 Å². The van der Waals surface area contributed by atoms with E-state index in [1.165, 1.54) is 25.7 Å². The highest BCUT2D eigenvalue weighted by Crippen LogP contribution is 2.12. The first kappa shape index (κ1) is 19.2. The molecule has 0 aliphatic rings. The largest absolute Gasteiger partial charge is 0.494 e. The maximum absolute atomic E-state index is 11.8. The molecule has 23 heavy (non-hydrogen) atoms. The van der Waals surface area contributed by atoms with E-state index >= 15 is 0 Å². The monoisotopic (exact) mass is 318 g/mol. The topological polar surface area (TPSA) is 50.7 Å². The zero-order chi connectivity index (χ0) is 16.9. The van der Waals surface area contributed by atoms with E-state index in [9.17, 15) is 4.79 Å². The van der Waals surface area contributed by atoms with Crippen LogP contribution in [0.2, 0.25) is 0 Å². The predicted molar refractivity (Wildman–Crippen MR) is 96.0 cm³/mol. The first-order valence-corrected chi connectivity index (χ1v) is 8.73.